The zero-order chi connectivity index (χ0) is 20.5. The number of unbranched alkanes of at least 4 members (excludes halogenated alkanes) is 1. The lowest BCUT2D eigenvalue weighted by Crippen LogP contribution is -2.12. The van der Waals surface area contributed by atoms with Crippen molar-refractivity contribution in [3.05, 3.63) is 36.4 Å². The lowest BCUT2D eigenvalue weighted by Gasteiger charge is -1.93. The van der Waals surface area contributed by atoms with Crippen molar-refractivity contribution in [2.45, 2.75) is 25.7 Å². The molecule has 0 aliphatic carbocycles. The smallest absolute Gasteiger partial charge is 0.217 e. The van der Waals surface area contributed by atoms with E-state index in [1.165, 1.54) is 0 Å². The lowest BCUT2D eigenvalue weighted by molar-refractivity contribution is -0.119. The Labute approximate surface area is 151 Å². The van der Waals surface area contributed by atoms with Crippen LogP contribution in [0.5, 0.6) is 0 Å². The highest BCUT2D eigenvalue weighted by atomic mass is 16.1. The van der Waals surface area contributed by atoms with Gasteiger partial charge in [-0.3, -0.25) is 9.59 Å². The summed E-state index contributed by atoms with van der Waals surface area (Å²) in [4.78, 5) is 20.3. The molecule has 0 aromatic heterocycles. The van der Waals surface area contributed by atoms with E-state index in [9.17, 15) is 9.59 Å². The van der Waals surface area contributed by atoms with Gasteiger partial charge in [-0.15, -0.1) is 10.2 Å². The molecule has 0 aliphatic heterocycles. The van der Waals surface area contributed by atoms with Crippen LogP contribution in [0.15, 0.2) is 56.8 Å². The molecule has 0 saturated heterocycles. The van der Waals surface area contributed by atoms with Gasteiger partial charge in [-0.25, -0.2) is 11.1 Å². The molecular weight excluding hydrogens is 340 g/mol. The van der Waals surface area contributed by atoms with Crippen molar-refractivity contribution in [1.82, 2.24) is 0 Å². The topological polar surface area (TPSA) is 235 Å². The minimum absolute atomic E-state index is 0.329. The molecule has 0 bridgehead atoms. The van der Waals surface area contributed by atoms with Gasteiger partial charge in [0.2, 0.25) is 11.8 Å². The Bertz CT molecular complexity index is 461. The minimum atomic E-state index is -0.329. The third kappa shape index (κ3) is 42.7. The molecule has 0 radical (unpaired) electrons. The largest absolute Gasteiger partial charge is 0.370 e. The van der Waals surface area contributed by atoms with Crippen LogP contribution in [0, 0.1) is 11.1 Å². The van der Waals surface area contributed by atoms with Gasteiger partial charge in [0.05, 0.1) is 0 Å². The van der Waals surface area contributed by atoms with E-state index in [0.29, 0.717) is 25.7 Å². The van der Waals surface area contributed by atoms with Crippen molar-refractivity contribution in [1.29, 1.82) is 11.1 Å². The zero-order valence-electron chi connectivity index (χ0n) is 14.4. The Morgan fingerprint density at radius 2 is 1.00 bits per heavy atom. The molecule has 0 aliphatic rings. The van der Waals surface area contributed by atoms with Crippen LogP contribution >= 0.6 is 0 Å². The molecule has 0 spiro atoms. The number of nitrogens with one attached hydrogen (secondary N) is 2. The number of rotatable bonds is 7. The number of hydrogen-bond donors (Lipinski definition) is 6. The number of primary amides is 2. The average Bonchev–Trinajstić information content (AvgIpc) is 2.63. The summed E-state index contributed by atoms with van der Waals surface area (Å²) in [6.45, 7) is 0. The molecule has 0 atom stereocenters. The normalized spacial score (nSPS) is 8.77. The molecule has 0 fully saturated rings. The van der Waals surface area contributed by atoms with Gasteiger partial charge >= 0.3 is 0 Å². The molecule has 1 aromatic rings. The van der Waals surface area contributed by atoms with E-state index in [-0.39, 0.29) is 11.8 Å². The van der Waals surface area contributed by atoms with Crippen LogP contribution < -0.4 is 23.2 Å². The summed E-state index contributed by atoms with van der Waals surface area (Å²) in [6.07, 6.45) is 3.87. The standard InChI is InChI=1S/C6H12N2O2.C6H6.2CH4N4/c7-5(9)3-1-2-4-6(8)10;1-2-4-6-5-3-1;2*2-4-1-5-3/h1-4H2,(H2,7,9)(H2,8,10);1-6H;2*1-2H,3H2. The molecule has 2 amide bonds. The predicted octanol–water partition coefficient (Wildman–Crippen LogP) is 1.04. The van der Waals surface area contributed by atoms with Crippen molar-refractivity contribution >= 4 is 24.5 Å². The predicted molar refractivity (Wildman–Crippen MR) is 99.0 cm³/mol. The van der Waals surface area contributed by atoms with Gasteiger partial charge < -0.3 is 23.2 Å². The van der Waals surface area contributed by atoms with E-state index in [1.807, 2.05) is 36.4 Å². The van der Waals surface area contributed by atoms with Crippen molar-refractivity contribution in [3.8, 4) is 0 Å². The molecule has 10 N–H and O–H groups in total. The first-order valence-corrected chi connectivity index (χ1v) is 7.19. The van der Waals surface area contributed by atoms with Crippen molar-refractivity contribution in [2.75, 3.05) is 0 Å². The van der Waals surface area contributed by atoms with E-state index < -0.39 is 0 Å². The Morgan fingerprint density at radius 1 is 0.731 bits per heavy atom. The monoisotopic (exact) mass is 366 g/mol. The molecule has 144 valence electrons. The van der Waals surface area contributed by atoms with E-state index in [1.54, 1.807) is 0 Å². The van der Waals surface area contributed by atoms with E-state index in [2.05, 4.69) is 32.1 Å². The summed E-state index contributed by atoms with van der Waals surface area (Å²) in [5, 5.41) is 11.1. The van der Waals surface area contributed by atoms with Crippen LogP contribution in [0.3, 0.4) is 0 Å². The summed E-state index contributed by atoms with van der Waals surface area (Å²) in [6, 6.07) is 12.0. The number of carbonyl (C=O) groups excluding carboxylic acids is 2. The van der Waals surface area contributed by atoms with Crippen molar-refractivity contribution < 1.29 is 9.59 Å². The van der Waals surface area contributed by atoms with Crippen LogP contribution in [0.1, 0.15) is 25.7 Å². The van der Waals surface area contributed by atoms with Crippen molar-refractivity contribution in [2.24, 2.45) is 43.6 Å². The first-order chi connectivity index (χ1) is 12.5. The first kappa shape index (κ1) is 27.2. The molecule has 1 aromatic carbocycles. The maximum absolute atomic E-state index is 10.2. The van der Waals surface area contributed by atoms with E-state index in [0.717, 1.165) is 12.7 Å². The van der Waals surface area contributed by atoms with Gasteiger partial charge in [0.25, 0.3) is 0 Å². The number of nitrogens with zero attached hydrogens (tertiary/aromatic N) is 4. The Morgan fingerprint density at radius 3 is 1.12 bits per heavy atom. The highest BCUT2D eigenvalue weighted by Gasteiger charge is 1.96. The summed E-state index contributed by atoms with van der Waals surface area (Å²) >= 11 is 0. The highest BCUT2D eigenvalue weighted by molar-refractivity contribution is 5.74. The number of nitrogens with two attached hydrogens (primary N) is 4. The third-order valence-corrected chi connectivity index (χ3v) is 2.01. The molecule has 12 heteroatoms. The van der Waals surface area contributed by atoms with Crippen LogP contribution in [-0.2, 0) is 9.59 Å². The van der Waals surface area contributed by atoms with E-state index in [4.69, 9.17) is 22.5 Å². The fourth-order valence-electron chi connectivity index (χ4n) is 1.05. The van der Waals surface area contributed by atoms with Gasteiger partial charge in [0.1, 0.15) is 0 Å². The molecular formula is C14H26N10O2. The van der Waals surface area contributed by atoms with Crippen LogP contribution in [0.4, 0.5) is 0 Å². The second-order valence-electron chi connectivity index (χ2n) is 4.08. The number of amides is 2. The summed E-state index contributed by atoms with van der Waals surface area (Å²) in [5.41, 5.74) is 21.7. The van der Waals surface area contributed by atoms with Crippen molar-refractivity contribution in [3.63, 3.8) is 0 Å². The minimum Gasteiger partial charge on any atom is -0.370 e. The maximum atomic E-state index is 10.2. The SMILES string of the molecule is N=NC=NN.N=NC=NN.NC(=O)CCCCC(N)=O.c1ccccc1. The maximum Gasteiger partial charge on any atom is 0.217 e. The number of carbonyl (C=O) groups is 2. The van der Waals surface area contributed by atoms with E-state index >= 15 is 0 Å². The van der Waals surface area contributed by atoms with Crippen LogP contribution in [0.25, 0.3) is 0 Å². The van der Waals surface area contributed by atoms with Crippen LogP contribution in [0.2, 0.25) is 0 Å². The number of hydrogen-bond acceptors (Lipinski definition) is 8. The quantitative estimate of drug-likeness (QED) is 0.103. The number of hydrazone groups is 2. The Balaban J connectivity index is -0.000000286. The summed E-state index contributed by atoms with van der Waals surface area (Å²) < 4.78 is 0. The molecule has 0 heterocycles. The Kier molecular flexibility index (Phi) is 27.4. The van der Waals surface area contributed by atoms with Crippen LogP contribution in [-0.4, -0.2) is 24.5 Å². The summed E-state index contributed by atoms with van der Waals surface area (Å²) in [5.74, 6) is 8.33. The fraction of sp³-hybridized carbons (Fsp3) is 0.286. The second kappa shape index (κ2) is 26.2. The lowest BCUT2D eigenvalue weighted by atomic mass is 10.2. The van der Waals surface area contributed by atoms with Gasteiger partial charge in [0.15, 0.2) is 12.7 Å². The van der Waals surface area contributed by atoms with Gasteiger partial charge in [-0.1, -0.05) is 36.4 Å². The molecule has 0 saturated carbocycles. The first-order valence-electron chi connectivity index (χ1n) is 7.19. The Hall–Kier alpha value is -3.70. The number of benzene rings is 1. The second-order valence-corrected chi connectivity index (χ2v) is 4.08. The molecule has 0 unspecified atom stereocenters. The summed E-state index contributed by atoms with van der Waals surface area (Å²) in [7, 11) is 0. The molecule has 1 rings (SSSR count). The molecule has 12 nitrogen and oxygen atoms in total. The average molecular weight is 366 g/mol. The third-order valence-electron chi connectivity index (χ3n) is 2.01. The van der Waals surface area contributed by atoms with Gasteiger partial charge in [-0.05, 0) is 12.8 Å². The zero-order valence-corrected chi connectivity index (χ0v) is 14.4. The highest BCUT2D eigenvalue weighted by Crippen LogP contribution is 1.97. The van der Waals surface area contributed by atoms with Gasteiger partial charge in [-0.2, -0.15) is 10.2 Å². The van der Waals surface area contributed by atoms with Gasteiger partial charge in [0, 0.05) is 12.8 Å². The fourth-order valence-corrected chi connectivity index (χ4v) is 1.05. The molecule has 26 heavy (non-hydrogen) atoms.